The zero-order chi connectivity index (χ0) is 13.1. The molecule has 0 spiro atoms. The monoisotopic (exact) mass is 238 g/mol. The van der Waals surface area contributed by atoms with Gasteiger partial charge in [0.1, 0.15) is 0 Å². The maximum atomic E-state index is 5.63. The molecular formula is C15H26O2. The Morgan fingerprint density at radius 1 is 1.00 bits per heavy atom. The van der Waals surface area contributed by atoms with Crippen LogP contribution in [0.2, 0.25) is 0 Å². The molecule has 0 aliphatic rings. The van der Waals surface area contributed by atoms with Crippen molar-refractivity contribution >= 4 is 0 Å². The lowest BCUT2D eigenvalue weighted by molar-refractivity contribution is -0.0942. The van der Waals surface area contributed by atoms with Crippen molar-refractivity contribution in [3.8, 4) is 0 Å². The van der Waals surface area contributed by atoms with Crippen LogP contribution in [0.4, 0.5) is 0 Å². The molecular weight excluding hydrogens is 212 g/mol. The lowest BCUT2D eigenvalue weighted by atomic mass is 10.1. The van der Waals surface area contributed by atoms with Gasteiger partial charge in [-0.2, -0.15) is 0 Å². The Kier molecular flexibility index (Phi) is 9.78. The molecule has 0 saturated heterocycles. The fourth-order valence-electron chi connectivity index (χ4n) is 1.04. The molecule has 0 amide bonds. The molecule has 2 heteroatoms. The van der Waals surface area contributed by atoms with Gasteiger partial charge in [-0.25, -0.2) is 0 Å². The summed E-state index contributed by atoms with van der Waals surface area (Å²) in [5, 5.41) is 0. The fourth-order valence-corrected chi connectivity index (χ4v) is 1.04. The van der Waals surface area contributed by atoms with E-state index in [1.807, 2.05) is 38.2 Å². The number of ether oxygens (including phenoxy) is 2. The molecule has 17 heavy (non-hydrogen) atoms. The predicted molar refractivity (Wildman–Crippen MR) is 73.9 cm³/mol. The first kappa shape index (κ1) is 16.1. The van der Waals surface area contributed by atoms with Crippen LogP contribution in [-0.4, -0.2) is 19.5 Å². The van der Waals surface area contributed by atoms with E-state index in [1.165, 1.54) is 5.57 Å². The van der Waals surface area contributed by atoms with Gasteiger partial charge in [-0.05, 0) is 32.8 Å². The van der Waals surface area contributed by atoms with Crippen LogP contribution >= 0.6 is 0 Å². The zero-order valence-electron chi connectivity index (χ0n) is 11.8. The average Bonchev–Trinajstić information content (AvgIpc) is 2.29. The molecule has 0 aliphatic carbocycles. The molecule has 0 radical (unpaired) electrons. The van der Waals surface area contributed by atoms with Crippen LogP contribution in [0.15, 0.2) is 36.0 Å². The Morgan fingerprint density at radius 3 is 1.82 bits per heavy atom. The van der Waals surface area contributed by atoms with Crippen molar-refractivity contribution < 1.29 is 9.47 Å². The maximum Gasteiger partial charge on any atom is 0.177 e. The van der Waals surface area contributed by atoms with Gasteiger partial charge in [0.05, 0.1) is 13.2 Å². The van der Waals surface area contributed by atoms with Crippen LogP contribution in [-0.2, 0) is 9.47 Å². The zero-order valence-corrected chi connectivity index (χ0v) is 11.8. The van der Waals surface area contributed by atoms with Gasteiger partial charge >= 0.3 is 0 Å². The van der Waals surface area contributed by atoms with Gasteiger partial charge in [0.15, 0.2) is 6.29 Å². The van der Waals surface area contributed by atoms with Crippen LogP contribution in [0, 0.1) is 5.92 Å². The van der Waals surface area contributed by atoms with Gasteiger partial charge in [0.2, 0.25) is 0 Å². The lowest BCUT2D eigenvalue weighted by Gasteiger charge is -2.15. The minimum absolute atomic E-state index is 0.259. The summed E-state index contributed by atoms with van der Waals surface area (Å²) in [4.78, 5) is 0. The number of hydrogen-bond donors (Lipinski definition) is 0. The predicted octanol–water partition coefficient (Wildman–Crippen LogP) is 4.10. The van der Waals surface area contributed by atoms with E-state index in [4.69, 9.17) is 9.47 Å². The van der Waals surface area contributed by atoms with Crippen LogP contribution < -0.4 is 0 Å². The summed E-state index contributed by atoms with van der Waals surface area (Å²) in [6.45, 7) is 11.6. The van der Waals surface area contributed by atoms with E-state index in [2.05, 4.69) is 26.8 Å². The second-order valence-corrected chi connectivity index (χ2v) is 4.24. The molecule has 0 aromatic rings. The van der Waals surface area contributed by atoms with E-state index < -0.39 is 0 Å². The highest BCUT2D eigenvalue weighted by Crippen LogP contribution is 2.11. The third-order valence-corrected chi connectivity index (χ3v) is 2.49. The largest absolute Gasteiger partial charge is 0.345 e. The molecule has 0 aromatic heterocycles. The molecule has 2 nitrogen and oxygen atoms in total. The quantitative estimate of drug-likeness (QED) is 0.468. The van der Waals surface area contributed by atoms with Gasteiger partial charge in [-0.3, -0.25) is 0 Å². The van der Waals surface area contributed by atoms with Crippen molar-refractivity contribution in [2.24, 2.45) is 5.92 Å². The minimum Gasteiger partial charge on any atom is -0.345 e. The Hall–Kier alpha value is -0.860. The number of allylic oxidation sites excluding steroid dienone is 3. The van der Waals surface area contributed by atoms with Crippen molar-refractivity contribution in [1.29, 1.82) is 0 Å². The lowest BCUT2D eigenvalue weighted by Crippen LogP contribution is -2.16. The molecule has 0 aromatic carbocycles. The van der Waals surface area contributed by atoms with Gasteiger partial charge in [-0.1, -0.05) is 43.7 Å². The van der Waals surface area contributed by atoms with E-state index in [0.29, 0.717) is 19.1 Å². The van der Waals surface area contributed by atoms with E-state index in [1.54, 1.807) is 0 Å². The first-order chi connectivity index (χ1) is 8.11. The Bertz CT molecular complexity index is 246. The molecule has 0 aliphatic heterocycles. The van der Waals surface area contributed by atoms with Gasteiger partial charge in [-0.15, -0.1) is 0 Å². The number of hydrogen-bond acceptors (Lipinski definition) is 2. The van der Waals surface area contributed by atoms with Crippen LogP contribution in [0.25, 0.3) is 0 Å². The van der Waals surface area contributed by atoms with Crippen LogP contribution in [0.3, 0.4) is 0 Å². The SMILES string of the molecule is CC=CCOC(C=C(C)C(C)C)OCC=CC. The highest BCUT2D eigenvalue weighted by atomic mass is 16.7. The second kappa shape index (κ2) is 10.3. The second-order valence-electron chi connectivity index (χ2n) is 4.24. The smallest absolute Gasteiger partial charge is 0.177 e. The topological polar surface area (TPSA) is 18.5 Å². The summed E-state index contributed by atoms with van der Waals surface area (Å²) in [6, 6.07) is 0. The van der Waals surface area contributed by atoms with Gasteiger partial charge in [0, 0.05) is 0 Å². The van der Waals surface area contributed by atoms with E-state index in [-0.39, 0.29) is 6.29 Å². The highest BCUT2D eigenvalue weighted by molar-refractivity contribution is 5.03. The van der Waals surface area contributed by atoms with Crippen molar-refractivity contribution in [3.63, 3.8) is 0 Å². The summed E-state index contributed by atoms with van der Waals surface area (Å²) in [5.41, 5.74) is 1.29. The third-order valence-electron chi connectivity index (χ3n) is 2.49. The average molecular weight is 238 g/mol. The molecule has 98 valence electrons. The molecule has 0 rings (SSSR count). The van der Waals surface area contributed by atoms with E-state index in [9.17, 15) is 0 Å². The first-order valence-electron chi connectivity index (χ1n) is 6.25. The van der Waals surface area contributed by atoms with Gasteiger partial charge < -0.3 is 9.47 Å². The normalized spacial score (nSPS) is 15.3. The Balaban J connectivity index is 4.32. The van der Waals surface area contributed by atoms with Crippen LogP contribution in [0.5, 0.6) is 0 Å². The summed E-state index contributed by atoms with van der Waals surface area (Å²) < 4.78 is 11.3. The maximum absolute atomic E-state index is 5.63. The summed E-state index contributed by atoms with van der Waals surface area (Å²) in [7, 11) is 0. The van der Waals surface area contributed by atoms with Crippen molar-refractivity contribution in [2.45, 2.75) is 40.9 Å². The molecule has 0 N–H and O–H groups in total. The molecule has 0 heterocycles. The van der Waals surface area contributed by atoms with Crippen molar-refractivity contribution in [2.75, 3.05) is 13.2 Å². The summed E-state index contributed by atoms with van der Waals surface area (Å²) in [5.74, 6) is 0.521. The van der Waals surface area contributed by atoms with E-state index in [0.717, 1.165) is 0 Å². The highest BCUT2D eigenvalue weighted by Gasteiger charge is 2.06. The molecule has 0 fully saturated rings. The standard InChI is InChI=1S/C15H26O2/c1-6-8-10-16-15(17-11-9-7-2)12-14(5)13(3)4/h6-9,12-13,15H,10-11H2,1-5H3. The Labute approximate surface area is 106 Å². The van der Waals surface area contributed by atoms with Crippen molar-refractivity contribution in [3.05, 3.63) is 36.0 Å². The molecule has 0 unspecified atom stereocenters. The first-order valence-corrected chi connectivity index (χ1v) is 6.25. The Morgan fingerprint density at radius 2 is 1.47 bits per heavy atom. The number of rotatable bonds is 8. The van der Waals surface area contributed by atoms with Crippen LogP contribution in [0.1, 0.15) is 34.6 Å². The summed E-state index contributed by atoms with van der Waals surface area (Å²) >= 11 is 0. The van der Waals surface area contributed by atoms with Gasteiger partial charge in [0.25, 0.3) is 0 Å². The van der Waals surface area contributed by atoms with E-state index >= 15 is 0 Å². The minimum atomic E-state index is -0.259. The van der Waals surface area contributed by atoms with Crippen molar-refractivity contribution in [1.82, 2.24) is 0 Å². The molecule has 0 bridgehead atoms. The molecule has 0 atom stereocenters. The molecule has 0 saturated carbocycles. The summed E-state index contributed by atoms with van der Waals surface area (Å²) in [6.07, 6.45) is 9.70. The fraction of sp³-hybridized carbons (Fsp3) is 0.600. The third kappa shape index (κ3) is 8.90.